The molecule has 6 heteroatoms. The molecule has 4 nitrogen and oxygen atoms in total. The Hall–Kier alpha value is -0.810. The lowest BCUT2D eigenvalue weighted by atomic mass is 10.5. The van der Waals surface area contributed by atoms with Crippen molar-refractivity contribution in [1.82, 2.24) is 9.97 Å². The Balaban J connectivity index is 2.53. The smallest absolute Gasteiger partial charge is 0.234 e. The number of nitrogens with one attached hydrogen (secondary N) is 1. The van der Waals surface area contributed by atoms with Gasteiger partial charge in [0.2, 0.25) is 5.91 Å². The standard InChI is InChI=1S/C7H6ClN3OS/c1-3-9-6(8)5-7(10-3)13-2-4(12)11-5/h2H2,1H3,(H,11,12). The maximum absolute atomic E-state index is 11.0. The Bertz CT molecular complexity index is 382. The molecule has 0 spiro atoms. The monoisotopic (exact) mass is 215 g/mol. The van der Waals surface area contributed by atoms with E-state index in [1.54, 1.807) is 6.92 Å². The van der Waals surface area contributed by atoms with E-state index < -0.39 is 0 Å². The molecule has 0 saturated carbocycles. The van der Waals surface area contributed by atoms with Gasteiger partial charge in [-0.05, 0) is 6.92 Å². The van der Waals surface area contributed by atoms with Crippen LogP contribution < -0.4 is 5.32 Å². The summed E-state index contributed by atoms with van der Waals surface area (Å²) >= 11 is 7.21. The Morgan fingerprint density at radius 3 is 3.08 bits per heavy atom. The molecule has 1 amide bonds. The van der Waals surface area contributed by atoms with Gasteiger partial charge in [0.25, 0.3) is 0 Å². The minimum Gasteiger partial charge on any atom is -0.321 e. The van der Waals surface area contributed by atoms with Gasteiger partial charge in [-0.25, -0.2) is 9.97 Å². The highest BCUT2D eigenvalue weighted by molar-refractivity contribution is 8.00. The number of thioether (sulfide) groups is 1. The van der Waals surface area contributed by atoms with E-state index in [4.69, 9.17) is 11.6 Å². The third-order valence-corrected chi connectivity index (χ3v) is 2.80. The number of halogens is 1. The van der Waals surface area contributed by atoms with Crippen molar-refractivity contribution in [2.24, 2.45) is 0 Å². The average Bonchev–Trinajstić information content (AvgIpc) is 2.06. The molecule has 0 aliphatic carbocycles. The Morgan fingerprint density at radius 1 is 1.54 bits per heavy atom. The van der Waals surface area contributed by atoms with Crippen molar-refractivity contribution in [2.45, 2.75) is 11.9 Å². The number of carbonyl (C=O) groups excluding carboxylic acids is 1. The zero-order valence-corrected chi connectivity index (χ0v) is 8.37. The fraction of sp³-hybridized carbons (Fsp3) is 0.286. The number of hydrogen-bond donors (Lipinski definition) is 1. The fourth-order valence-electron chi connectivity index (χ4n) is 1.03. The van der Waals surface area contributed by atoms with E-state index in [0.717, 1.165) is 5.03 Å². The zero-order valence-electron chi connectivity index (χ0n) is 6.80. The van der Waals surface area contributed by atoms with Crippen LogP contribution in [0.2, 0.25) is 5.15 Å². The van der Waals surface area contributed by atoms with Crippen molar-refractivity contribution in [3.8, 4) is 0 Å². The summed E-state index contributed by atoms with van der Waals surface area (Å²) in [5.74, 6) is 0.944. The summed E-state index contributed by atoms with van der Waals surface area (Å²) in [6, 6.07) is 0. The molecule has 1 aromatic heterocycles. The molecule has 2 rings (SSSR count). The van der Waals surface area contributed by atoms with Crippen LogP contribution in [0.4, 0.5) is 5.69 Å². The topological polar surface area (TPSA) is 54.9 Å². The first-order chi connectivity index (χ1) is 6.16. The van der Waals surface area contributed by atoms with Crippen LogP contribution in [0.15, 0.2) is 5.03 Å². The third-order valence-electron chi connectivity index (χ3n) is 1.55. The maximum Gasteiger partial charge on any atom is 0.234 e. The number of aryl methyl sites for hydroxylation is 1. The lowest BCUT2D eigenvalue weighted by Gasteiger charge is -2.15. The first-order valence-electron chi connectivity index (χ1n) is 3.63. The summed E-state index contributed by atoms with van der Waals surface area (Å²) in [6.07, 6.45) is 0. The predicted octanol–water partition coefficient (Wildman–Crippen LogP) is 1.48. The highest BCUT2D eigenvalue weighted by Crippen LogP contribution is 2.33. The van der Waals surface area contributed by atoms with Crippen LogP contribution in [0.5, 0.6) is 0 Å². The van der Waals surface area contributed by atoms with Gasteiger partial charge < -0.3 is 5.32 Å². The number of aromatic nitrogens is 2. The van der Waals surface area contributed by atoms with Gasteiger partial charge in [0.1, 0.15) is 16.5 Å². The summed E-state index contributed by atoms with van der Waals surface area (Å²) in [7, 11) is 0. The van der Waals surface area contributed by atoms with Crippen LogP contribution in [0.3, 0.4) is 0 Å². The van der Waals surface area contributed by atoms with Crippen LogP contribution in [0, 0.1) is 6.92 Å². The molecule has 1 aliphatic heterocycles. The Labute approximate surface area is 84.1 Å². The minimum absolute atomic E-state index is 0.0631. The molecule has 2 heterocycles. The highest BCUT2D eigenvalue weighted by Gasteiger charge is 2.20. The molecule has 68 valence electrons. The first-order valence-corrected chi connectivity index (χ1v) is 5.00. The SMILES string of the molecule is Cc1nc(Cl)c2c(n1)SCC(=O)N2. The summed E-state index contributed by atoms with van der Waals surface area (Å²) in [5, 5.41) is 3.69. The number of hydrogen-bond acceptors (Lipinski definition) is 4. The van der Waals surface area contributed by atoms with E-state index in [1.165, 1.54) is 11.8 Å². The van der Waals surface area contributed by atoms with Gasteiger partial charge >= 0.3 is 0 Å². The molecule has 0 radical (unpaired) electrons. The highest BCUT2D eigenvalue weighted by atomic mass is 35.5. The summed E-state index contributed by atoms with van der Waals surface area (Å²) in [6.45, 7) is 1.77. The van der Waals surface area contributed by atoms with Crippen LogP contribution in [-0.4, -0.2) is 21.6 Å². The number of fused-ring (bicyclic) bond motifs is 1. The fourth-order valence-corrected chi connectivity index (χ4v) is 2.18. The van der Waals surface area contributed by atoms with Crippen molar-refractivity contribution in [2.75, 3.05) is 11.1 Å². The molecule has 13 heavy (non-hydrogen) atoms. The third kappa shape index (κ3) is 1.62. The number of rotatable bonds is 0. The van der Waals surface area contributed by atoms with Gasteiger partial charge in [-0.2, -0.15) is 0 Å². The van der Waals surface area contributed by atoms with E-state index in [0.29, 0.717) is 22.4 Å². The van der Waals surface area contributed by atoms with E-state index in [1.807, 2.05) is 0 Å². The molecule has 0 atom stereocenters. The molecular formula is C7H6ClN3OS. The van der Waals surface area contributed by atoms with Gasteiger partial charge in [0, 0.05) is 0 Å². The second kappa shape index (κ2) is 3.16. The van der Waals surface area contributed by atoms with Crippen LogP contribution in [0.1, 0.15) is 5.82 Å². The molecule has 0 aromatic carbocycles. The summed E-state index contributed by atoms with van der Waals surface area (Å²) < 4.78 is 0. The van der Waals surface area contributed by atoms with Gasteiger partial charge in [0.05, 0.1) is 5.75 Å². The van der Waals surface area contributed by atoms with Crippen LogP contribution in [-0.2, 0) is 4.79 Å². The molecule has 0 saturated heterocycles. The van der Waals surface area contributed by atoms with Gasteiger partial charge in [-0.15, -0.1) is 0 Å². The molecular weight excluding hydrogens is 210 g/mol. The number of nitrogens with zero attached hydrogens (tertiary/aromatic N) is 2. The van der Waals surface area contributed by atoms with E-state index in [9.17, 15) is 4.79 Å². The average molecular weight is 216 g/mol. The van der Waals surface area contributed by atoms with E-state index in [-0.39, 0.29) is 5.91 Å². The van der Waals surface area contributed by atoms with Crippen molar-refractivity contribution >= 4 is 35.0 Å². The van der Waals surface area contributed by atoms with E-state index in [2.05, 4.69) is 15.3 Å². The van der Waals surface area contributed by atoms with E-state index >= 15 is 0 Å². The van der Waals surface area contributed by atoms with Crippen molar-refractivity contribution in [3.05, 3.63) is 11.0 Å². The first kappa shape index (κ1) is 8.77. The lowest BCUT2D eigenvalue weighted by Crippen LogP contribution is -2.20. The molecule has 0 unspecified atom stereocenters. The number of carbonyl (C=O) groups is 1. The second-order valence-corrected chi connectivity index (χ2v) is 3.90. The number of anilines is 1. The molecule has 1 N–H and O–H groups in total. The van der Waals surface area contributed by atoms with Gasteiger partial charge in [-0.3, -0.25) is 4.79 Å². The molecule has 1 aromatic rings. The predicted molar refractivity (Wildman–Crippen MR) is 51.1 cm³/mol. The van der Waals surface area contributed by atoms with Gasteiger partial charge in [-0.1, -0.05) is 23.4 Å². The molecule has 0 bridgehead atoms. The molecule has 1 aliphatic rings. The second-order valence-electron chi connectivity index (χ2n) is 2.58. The quantitative estimate of drug-likeness (QED) is 0.667. The summed E-state index contributed by atoms with van der Waals surface area (Å²) in [4.78, 5) is 19.1. The van der Waals surface area contributed by atoms with Gasteiger partial charge in [0.15, 0.2) is 5.15 Å². The minimum atomic E-state index is -0.0631. The van der Waals surface area contributed by atoms with Crippen molar-refractivity contribution < 1.29 is 4.79 Å². The summed E-state index contributed by atoms with van der Waals surface area (Å²) in [5.41, 5.74) is 0.536. The maximum atomic E-state index is 11.0. The van der Waals surface area contributed by atoms with Crippen molar-refractivity contribution in [1.29, 1.82) is 0 Å². The Kier molecular flexibility index (Phi) is 2.13. The largest absolute Gasteiger partial charge is 0.321 e. The number of amides is 1. The molecule has 0 fully saturated rings. The Morgan fingerprint density at radius 2 is 2.31 bits per heavy atom. The zero-order chi connectivity index (χ0) is 9.42. The van der Waals surface area contributed by atoms with Crippen LogP contribution in [0.25, 0.3) is 0 Å². The van der Waals surface area contributed by atoms with Crippen molar-refractivity contribution in [3.63, 3.8) is 0 Å². The lowest BCUT2D eigenvalue weighted by molar-refractivity contribution is -0.113. The normalized spacial score (nSPS) is 15.1. The van der Waals surface area contributed by atoms with Crippen LogP contribution >= 0.6 is 23.4 Å².